The molecule has 6 heteroatoms. The summed E-state index contributed by atoms with van der Waals surface area (Å²) < 4.78 is 5.29. The molecule has 0 radical (unpaired) electrons. The van der Waals surface area contributed by atoms with Gasteiger partial charge in [-0.3, -0.25) is 5.10 Å². The highest BCUT2D eigenvalue weighted by Crippen LogP contribution is 2.31. The number of methoxy groups -OCH3 is 1. The van der Waals surface area contributed by atoms with Gasteiger partial charge in [0.1, 0.15) is 5.75 Å². The van der Waals surface area contributed by atoms with Crippen molar-refractivity contribution in [3.05, 3.63) is 23.2 Å². The lowest BCUT2D eigenvalue weighted by atomic mass is 10.2. The summed E-state index contributed by atoms with van der Waals surface area (Å²) in [4.78, 5) is 4.43. The van der Waals surface area contributed by atoms with Crippen LogP contribution in [0.2, 0.25) is 5.02 Å². The fraction of sp³-hybridized carbons (Fsp3) is 0.333. The summed E-state index contributed by atoms with van der Waals surface area (Å²) in [6.07, 6.45) is 1.09. The molecule has 0 unspecified atom stereocenters. The molecule has 2 aromatic rings. The first-order valence-corrected chi connectivity index (χ1v) is 7.00. The van der Waals surface area contributed by atoms with Crippen LogP contribution in [-0.2, 0) is 0 Å². The first kappa shape index (κ1) is 13.2. The molecule has 0 fully saturated rings. The van der Waals surface area contributed by atoms with Crippen molar-refractivity contribution < 1.29 is 4.74 Å². The van der Waals surface area contributed by atoms with Crippen molar-refractivity contribution in [2.45, 2.75) is 18.5 Å². The molecule has 1 aromatic heterocycles. The van der Waals surface area contributed by atoms with Crippen LogP contribution in [0.4, 0.5) is 0 Å². The highest BCUT2D eigenvalue weighted by atomic mass is 35.5. The minimum absolute atomic E-state index is 0.643. The molecule has 18 heavy (non-hydrogen) atoms. The highest BCUT2D eigenvalue weighted by molar-refractivity contribution is 7.99. The van der Waals surface area contributed by atoms with Crippen molar-refractivity contribution in [3.63, 3.8) is 0 Å². The van der Waals surface area contributed by atoms with Gasteiger partial charge in [-0.2, -0.15) is 0 Å². The van der Waals surface area contributed by atoms with E-state index in [-0.39, 0.29) is 0 Å². The van der Waals surface area contributed by atoms with E-state index in [1.807, 2.05) is 12.1 Å². The number of aromatic nitrogens is 3. The van der Waals surface area contributed by atoms with Crippen LogP contribution in [-0.4, -0.2) is 28.0 Å². The fourth-order valence-corrected chi connectivity index (χ4v) is 2.31. The Morgan fingerprint density at radius 3 is 3.00 bits per heavy atom. The number of ether oxygens (including phenoxy) is 1. The Labute approximate surface area is 115 Å². The first-order valence-electron chi connectivity index (χ1n) is 5.63. The van der Waals surface area contributed by atoms with E-state index in [0.29, 0.717) is 10.8 Å². The van der Waals surface area contributed by atoms with Gasteiger partial charge in [-0.15, -0.1) is 5.10 Å². The molecule has 4 nitrogen and oxygen atoms in total. The van der Waals surface area contributed by atoms with Gasteiger partial charge in [0.2, 0.25) is 5.16 Å². The van der Waals surface area contributed by atoms with Crippen molar-refractivity contribution in [2.75, 3.05) is 12.9 Å². The zero-order valence-electron chi connectivity index (χ0n) is 10.2. The van der Waals surface area contributed by atoms with Crippen LogP contribution in [0.3, 0.4) is 0 Å². The van der Waals surface area contributed by atoms with Gasteiger partial charge >= 0.3 is 0 Å². The Kier molecular flexibility index (Phi) is 4.49. The Balaban J connectivity index is 2.30. The number of hydrogen-bond acceptors (Lipinski definition) is 4. The molecule has 0 saturated carbocycles. The maximum Gasteiger partial charge on any atom is 0.208 e. The Morgan fingerprint density at radius 1 is 1.44 bits per heavy atom. The van der Waals surface area contributed by atoms with Crippen molar-refractivity contribution >= 4 is 23.4 Å². The van der Waals surface area contributed by atoms with E-state index in [1.165, 1.54) is 0 Å². The molecule has 0 spiro atoms. The van der Waals surface area contributed by atoms with Crippen LogP contribution < -0.4 is 4.74 Å². The molecule has 1 aromatic carbocycles. The molecule has 1 heterocycles. The number of benzene rings is 1. The Bertz CT molecular complexity index is 530. The monoisotopic (exact) mass is 283 g/mol. The number of hydrogen-bond donors (Lipinski definition) is 1. The number of nitrogens with zero attached hydrogens (tertiary/aromatic N) is 2. The van der Waals surface area contributed by atoms with E-state index < -0.39 is 0 Å². The zero-order valence-corrected chi connectivity index (χ0v) is 11.8. The second-order valence-corrected chi connectivity index (χ2v) is 5.16. The molecular formula is C12H14ClN3OS. The normalized spacial score (nSPS) is 10.6. The summed E-state index contributed by atoms with van der Waals surface area (Å²) in [5, 5.41) is 8.46. The molecule has 0 bridgehead atoms. The summed E-state index contributed by atoms with van der Waals surface area (Å²) in [7, 11) is 1.62. The molecule has 0 aliphatic heterocycles. The molecule has 1 N–H and O–H groups in total. The molecular weight excluding hydrogens is 270 g/mol. The van der Waals surface area contributed by atoms with E-state index >= 15 is 0 Å². The van der Waals surface area contributed by atoms with E-state index in [1.54, 1.807) is 24.9 Å². The number of halogens is 1. The fourth-order valence-electron chi connectivity index (χ4n) is 1.49. The third-order valence-electron chi connectivity index (χ3n) is 2.32. The van der Waals surface area contributed by atoms with Crippen LogP contribution in [0.1, 0.15) is 13.3 Å². The van der Waals surface area contributed by atoms with Crippen LogP contribution >= 0.6 is 23.4 Å². The number of H-pyrrole nitrogens is 1. The quantitative estimate of drug-likeness (QED) is 0.851. The Hall–Kier alpha value is -1.20. The predicted octanol–water partition coefficient (Wildman–Crippen LogP) is 3.64. The first-order chi connectivity index (χ1) is 8.74. The van der Waals surface area contributed by atoms with Crippen molar-refractivity contribution in [1.29, 1.82) is 0 Å². The lowest BCUT2D eigenvalue weighted by Gasteiger charge is -2.05. The molecule has 0 atom stereocenters. The second-order valence-electron chi connectivity index (χ2n) is 3.66. The number of rotatable bonds is 5. The van der Waals surface area contributed by atoms with Crippen LogP contribution in [0.5, 0.6) is 5.75 Å². The number of thioether (sulfide) groups is 1. The van der Waals surface area contributed by atoms with Crippen molar-refractivity contribution in [3.8, 4) is 17.1 Å². The minimum Gasteiger partial charge on any atom is -0.496 e. The van der Waals surface area contributed by atoms with E-state index in [2.05, 4.69) is 22.1 Å². The topological polar surface area (TPSA) is 50.8 Å². The molecule has 0 saturated heterocycles. The average molecular weight is 284 g/mol. The summed E-state index contributed by atoms with van der Waals surface area (Å²) in [6, 6.07) is 5.42. The van der Waals surface area contributed by atoms with Crippen molar-refractivity contribution in [1.82, 2.24) is 15.2 Å². The van der Waals surface area contributed by atoms with E-state index in [0.717, 1.165) is 28.6 Å². The van der Waals surface area contributed by atoms with Gasteiger partial charge in [0.05, 0.1) is 12.7 Å². The van der Waals surface area contributed by atoms with Crippen LogP contribution in [0, 0.1) is 0 Å². The maximum atomic E-state index is 5.99. The highest BCUT2D eigenvalue weighted by Gasteiger charge is 2.11. The Morgan fingerprint density at radius 2 is 2.28 bits per heavy atom. The van der Waals surface area contributed by atoms with Gasteiger partial charge in [0.25, 0.3) is 0 Å². The molecule has 0 aliphatic carbocycles. The second kappa shape index (κ2) is 6.11. The summed E-state index contributed by atoms with van der Waals surface area (Å²) in [5.41, 5.74) is 0.820. The zero-order chi connectivity index (χ0) is 13.0. The summed E-state index contributed by atoms with van der Waals surface area (Å²) >= 11 is 7.62. The van der Waals surface area contributed by atoms with Gasteiger partial charge in [-0.05, 0) is 24.6 Å². The van der Waals surface area contributed by atoms with E-state index in [9.17, 15) is 0 Å². The molecule has 96 valence electrons. The lowest BCUT2D eigenvalue weighted by Crippen LogP contribution is -1.89. The number of nitrogens with one attached hydrogen (secondary N) is 1. The minimum atomic E-state index is 0.643. The van der Waals surface area contributed by atoms with Crippen LogP contribution in [0.15, 0.2) is 23.4 Å². The number of aromatic amines is 1. The molecule has 2 rings (SSSR count). The third-order valence-corrected chi connectivity index (χ3v) is 3.61. The molecule has 0 amide bonds. The average Bonchev–Trinajstić information content (AvgIpc) is 2.85. The molecule has 0 aliphatic rings. The van der Waals surface area contributed by atoms with Gasteiger partial charge in [-0.25, -0.2) is 4.98 Å². The lowest BCUT2D eigenvalue weighted by molar-refractivity contribution is 0.416. The SMILES string of the molecule is CCCSc1n[nH]c(-c2cc(Cl)ccc2OC)n1. The van der Waals surface area contributed by atoms with Gasteiger partial charge in [-0.1, -0.05) is 30.3 Å². The van der Waals surface area contributed by atoms with Gasteiger partial charge in [0, 0.05) is 10.8 Å². The largest absolute Gasteiger partial charge is 0.496 e. The third kappa shape index (κ3) is 2.97. The predicted molar refractivity (Wildman–Crippen MR) is 74.4 cm³/mol. The maximum absolute atomic E-state index is 5.99. The standard InChI is InChI=1S/C12H14ClN3OS/c1-3-6-18-12-14-11(15-16-12)9-7-8(13)4-5-10(9)17-2/h4-5,7H,3,6H2,1-2H3,(H,14,15,16). The van der Waals surface area contributed by atoms with Gasteiger partial charge in [0.15, 0.2) is 5.82 Å². The van der Waals surface area contributed by atoms with E-state index in [4.69, 9.17) is 16.3 Å². The van der Waals surface area contributed by atoms with Gasteiger partial charge < -0.3 is 4.74 Å². The smallest absolute Gasteiger partial charge is 0.208 e. The summed E-state index contributed by atoms with van der Waals surface area (Å²) in [5.74, 6) is 2.40. The van der Waals surface area contributed by atoms with Crippen molar-refractivity contribution in [2.24, 2.45) is 0 Å². The summed E-state index contributed by atoms with van der Waals surface area (Å²) in [6.45, 7) is 2.13. The van der Waals surface area contributed by atoms with Crippen LogP contribution in [0.25, 0.3) is 11.4 Å².